The van der Waals surface area contributed by atoms with Gasteiger partial charge in [-0.15, -0.1) is 0 Å². The van der Waals surface area contributed by atoms with E-state index in [0.29, 0.717) is 11.1 Å². The Labute approximate surface area is 99.5 Å². The molecule has 0 saturated carbocycles. The van der Waals surface area contributed by atoms with Gasteiger partial charge in [0, 0.05) is 6.54 Å². The first-order valence-corrected chi connectivity index (χ1v) is 5.29. The van der Waals surface area contributed by atoms with Gasteiger partial charge >= 0.3 is 0 Å². The molecule has 0 heterocycles. The number of aliphatic hydroxyl groups excluding tert-OH is 2. The van der Waals surface area contributed by atoms with Crippen LogP contribution in [0, 0.1) is 6.92 Å². The van der Waals surface area contributed by atoms with Crippen molar-refractivity contribution < 1.29 is 20.1 Å². The second-order valence-electron chi connectivity index (χ2n) is 4.03. The monoisotopic (exact) mass is 239 g/mol. The predicted octanol–water partition coefficient (Wildman–Crippen LogP) is 0.256. The van der Waals surface area contributed by atoms with E-state index in [1.54, 1.807) is 6.92 Å². The molecule has 1 aromatic rings. The first kappa shape index (κ1) is 13.6. The third kappa shape index (κ3) is 2.82. The molecule has 94 valence electrons. The third-order valence-corrected chi connectivity index (χ3v) is 2.69. The van der Waals surface area contributed by atoms with Crippen molar-refractivity contribution in [3.63, 3.8) is 0 Å². The lowest BCUT2D eigenvalue weighted by atomic mass is 9.95. The molecule has 0 aliphatic carbocycles. The second-order valence-corrected chi connectivity index (χ2v) is 4.03. The van der Waals surface area contributed by atoms with Crippen LogP contribution < -0.4 is 5.73 Å². The highest BCUT2D eigenvalue weighted by Gasteiger charge is 2.21. The molecule has 0 amide bonds. The quantitative estimate of drug-likeness (QED) is 0.564. The van der Waals surface area contributed by atoms with E-state index in [1.807, 2.05) is 0 Å². The number of hydrogen-bond donors (Lipinski definition) is 4. The molecule has 5 N–H and O–H groups in total. The van der Waals surface area contributed by atoms with Gasteiger partial charge in [0.25, 0.3) is 0 Å². The van der Waals surface area contributed by atoms with Crippen LogP contribution in [0.5, 0.6) is 5.75 Å². The van der Waals surface area contributed by atoms with Gasteiger partial charge in [0.05, 0.1) is 11.7 Å². The van der Waals surface area contributed by atoms with Crippen molar-refractivity contribution in [1.82, 2.24) is 0 Å². The van der Waals surface area contributed by atoms with Crippen LogP contribution in [0.3, 0.4) is 0 Å². The minimum Gasteiger partial charge on any atom is -0.507 e. The summed E-state index contributed by atoms with van der Waals surface area (Å²) >= 11 is 0. The fourth-order valence-electron chi connectivity index (χ4n) is 1.65. The maximum atomic E-state index is 11.2. The Morgan fingerprint density at radius 1 is 1.41 bits per heavy atom. The Balaban J connectivity index is 3.20. The van der Waals surface area contributed by atoms with Crippen LogP contribution in [0.15, 0.2) is 12.1 Å². The summed E-state index contributed by atoms with van der Waals surface area (Å²) in [6.07, 6.45) is -2.27. The second kappa shape index (κ2) is 5.27. The summed E-state index contributed by atoms with van der Waals surface area (Å²) in [6.45, 7) is 2.95. The van der Waals surface area contributed by atoms with E-state index in [0.717, 1.165) is 0 Å². The van der Waals surface area contributed by atoms with Crippen molar-refractivity contribution in [2.45, 2.75) is 26.1 Å². The van der Waals surface area contributed by atoms with Crippen LogP contribution in [-0.4, -0.2) is 33.8 Å². The average molecular weight is 239 g/mol. The van der Waals surface area contributed by atoms with E-state index in [1.165, 1.54) is 19.1 Å². The lowest BCUT2D eigenvalue weighted by Crippen LogP contribution is -2.27. The van der Waals surface area contributed by atoms with E-state index in [4.69, 9.17) is 5.73 Å². The lowest BCUT2D eigenvalue weighted by molar-refractivity contribution is 0.0238. The topological polar surface area (TPSA) is 104 Å². The molecule has 0 fully saturated rings. The highest BCUT2D eigenvalue weighted by atomic mass is 16.3. The Kier molecular flexibility index (Phi) is 4.22. The van der Waals surface area contributed by atoms with Crippen LogP contribution in [-0.2, 0) is 0 Å². The van der Waals surface area contributed by atoms with Crippen LogP contribution in [0.25, 0.3) is 0 Å². The summed E-state index contributed by atoms with van der Waals surface area (Å²) in [5.41, 5.74) is 6.43. The summed E-state index contributed by atoms with van der Waals surface area (Å²) in [5, 5.41) is 28.9. The molecule has 5 heteroatoms. The number of carbonyl (C=O) groups is 1. The molecule has 2 atom stereocenters. The van der Waals surface area contributed by atoms with E-state index in [9.17, 15) is 20.1 Å². The largest absolute Gasteiger partial charge is 0.507 e. The zero-order valence-electron chi connectivity index (χ0n) is 9.84. The van der Waals surface area contributed by atoms with Crippen molar-refractivity contribution in [3.05, 3.63) is 28.8 Å². The number of aryl methyl sites for hydroxylation is 1. The molecule has 1 aromatic carbocycles. The number of aliphatic hydroxyl groups is 2. The van der Waals surface area contributed by atoms with Crippen LogP contribution >= 0.6 is 0 Å². The van der Waals surface area contributed by atoms with Gasteiger partial charge in [-0.1, -0.05) is 0 Å². The molecule has 0 aliphatic heterocycles. The van der Waals surface area contributed by atoms with E-state index >= 15 is 0 Å². The van der Waals surface area contributed by atoms with Gasteiger partial charge in [0.1, 0.15) is 11.9 Å². The Hall–Kier alpha value is -1.43. The van der Waals surface area contributed by atoms with Crippen molar-refractivity contribution in [2.75, 3.05) is 6.54 Å². The highest BCUT2D eigenvalue weighted by Crippen LogP contribution is 2.28. The first-order valence-electron chi connectivity index (χ1n) is 5.29. The number of phenols is 1. The fourth-order valence-corrected chi connectivity index (χ4v) is 1.65. The number of phenolic OH excluding ortho intramolecular Hbond substituents is 1. The molecule has 5 nitrogen and oxygen atoms in total. The molecular weight excluding hydrogens is 222 g/mol. The van der Waals surface area contributed by atoms with Gasteiger partial charge < -0.3 is 21.1 Å². The number of aromatic hydroxyl groups is 1. The molecule has 0 aromatic heterocycles. The standard InChI is InChI=1S/C12H17NO4/c1-6-3-9(7(2)14)10(15)4-8(6)12(17)11(16)5-13/h3-4,11-12,15-17H,5,13H2,1-2H3. The number of rotatable bonds is 4. The minimum absolute atomic E-state index is 0.0875. The maximum absolute atomic E-state index is 11.2. The summed E-state index contributed by atoms with van der Waals surface area (Å²) < 4.78 is 0. The molecule has 2 unspecified atom stereocenters. The fraction of sp³-hybridized carbons (Fsp3) is 0.417. The first-order chi connectivity index (χ1) is 7.88. The van der Waals surface area contributed by atoms with E-state index in [2.05, 4.69) is 0 Å². The minimum atomic E-state index is -1.17. The Morgan fingerprint density at radius 2 is 2.00 bits per heavy atom. The van der Waals surface area contributed by atoms with Gasteiger partial charge in [0.15, 0.2) is 5.78 Å². The number of hydrogen-bond acceptors (Lipinski definition) is 5. The van der Waals surface area contributed by atoms with Gasteiger partial charge in [-0.05, 0) is 37.1 Å². The van der Waals surface area contributed by atoms with Gasteiger partial charge in [-0.3, -0.25) is 4.79 Å². The number of Topliss-reactive ketones (excluding diaryl/α,β-unsaturated/α-hetero) is 1. The number of benzene rings is 1. The van der Waals surface area contributed by atoms with Crippen molar-refractivity contribution in [2.24, 2.45) is 5.73 Å². The van der Waals surface area contributed by atoms with E-state index < -0.39 is 12.2 Å². The zero-order chi connectivity index (χ0) is 13.2. The molecule has 17 heavy (non-hydrogen) atoms. The van der Waals surface area contributed by atoms with Crippen molar-refractivity contribution in [1.29, 1.82) is 0 Å². The maximum Gasteiger partial charge on any atom is 0.163 e. The molecule has 0 spiro atoms. The van der Waals surface area contributed by atoms with Crippen molar-refractivity contribution >= 4 is 5.78 Å². The summed E-state index contributed by atoms with van der Waals surface area (Å²) in [6, 6.07) is 2.77. The van der Waals surface area contributed by atoms with Crippen LogP contribution in [0.1, 0.15) is 34.5 Å². The molecule has 0 aliphatic rings. The zero-order valence-corrected chi connectivity index (χ0v) is 9.84. The van der Waals surface area contributed by atoms with E-state index in [-0.39, 0.29) is 23.6 Å². The summed E-state index contributed by atoms with van der Waals surface area (Å²) in [4.78, 5) is 11.2. The smallest absolute Gasteiger partial charge is 0.163 e. The van der Waals surface area contributed by atoms with Crippen molar-refractivity contribution in [3.8, 4) is 5.75 Å². The SMILES string of the molecule is CC(=O)c1cc(C)c(C(O)C(O)CN)cc1O. The van der Waals surface area contributed by atoms with Crippen LogP contribution in [0.2, 0.25) is 0 Å². The number of nitrogens with two attached hydrogens (primary N) is 1. The summed E-state index contributed by atoms with van der Waals surface area (Å²) in [7, 11) is 0. The Morgan fingerprint density at radius 3 is 2.47 bits per heavy atom. The third-order valence-electron chi connectivity index (χ3n) is 2.69. The molecule has 0 bridgehead atoms. The molecule has 1 rings (SSSR count). The number of ketones is 1. The summed E-state index contributed by atoms with van der Waals surface area (Å²) in [5.74, 6) is -0.465. The Bertz CT molecular complexity index is 431. The van der Waals surface area contributed by atoms with Gasteiger partial charge in [-0.2, -0.15) is 0 Å². The van der Waals surface area contributed by atoms with Gasteiger partial charge in [-0.25, -0.2) is 0 Å². The molecular formula is C12H17NO4. The molecule has 0 saturated heterocycles. The predicted molar refractivity (Wildman–Crippen MR) is 62.9 cm³/mol. The van der Waals surface area contributed by atoms with Gasteiger partial charge in [0.2, 0.25) is 0 Å². The van der Waals surface area contributed by atoms with Crippen LogP contribution in [0.4, 0.5) is 0 Å². The average Bonchev–Trinajstić information content (AvgIpc) is 2.29. The normalized spacial score (nSPS) is 14.4. The number of carbonyl (C=O) groups excluding carboxylic acids is 1. The lowest BCUT2D eigenvalue weighted by Gasteiger charge is -2.19. The highest BCUT2D eigenvalue weighted by molar-refractivity contribution is 5.97. The molecule has 0 radical (unpaired) electrons.